The van der Waals surface area contributed by atoms with Gasteiger partial charge in [-0.05, 0) is 11.4 Å². The Morgan fingerprint density at radius 1 is 1.15 bits per heavy atom. The van der Waals surface area contributed by atoms with Gasteiger partial charge in [0.25, 0.3) is 5.01 Å². The van der Waals surface area contributed by atoms with Gasteiger partial charge in [0.1, 0.15) is 4.88 Å². The van der Waals surface area contributed by atoms with E-state index in [-0.39, 0.29) is 0 Å². The van der Waals surface area contributed by atoms with Gasteiger partial charge in [0.15, 0.2) is 12.4 Å². The Morgan fingerprint density at radius 3 is 3.15 bits per heavy atom. The number of thiophene rings is 1. The molecule has 0 atom stereocenters. The molecule has 0 aliphatic carbocycles. The molecule has 0 aromatic carbocycles. The van der Waals surface area contributed by atoms with Gasteiger partial charge in [0.2, 0.25) is 0 Å². The molecule has 0 amide bonds. The second-order valence-electron chi connectivity index (χ2n) is 2.63. The predicted octanol–water partition coefficient (Wildman–Crippen LogP) is 3.30. The summed E-state index contributed by atoms with van der Waals surface area (Å²) in [4.78, 5) is 2.76. The number of aromatic nitrogens is 1. The van der Waals surface area contributed by atoms with Crippen LogP contribution in [0, 0.1) is 0 Å². The molecule has 1 aliphatic rings. The van der Waals surface area contributed by atoms with Crippen molar-refractivity contribution < 1.29 is 4.57 Å². The van der Waals surface area contributed by atoms with E-state index in [2.05, 4.69) is 39.2 Å². The zero-order valence-corrected chi connectivity index (χ0v) is 9.09. The third-order valence-corrected chi connectivity index (χ3v) is 4.80. The predicted molar refractivity (Wildman–Crippen MR) is 59.0 cm³/mol. The van der Waals surface area contributed by atoms with Crippen molar-refractivity contribution in [2.24, 2.45) is 0 Å². The van der Waals surface area contributed by atoms with Crippen LogP contribution in [-0.2, 0) is 0 Å². The molecule has 64 valence electrons. The summed E-state index contributed by atoms with van der Waals surface area (Å²) in [6.07, 6.45) is 4.22. The van der Waals surface area contributed by atoms with Gasteiger partial charge in [-0.3, -0.25) is 0 Å². The standard InChI is InChI=1S/C9H6NS3/c1-4-12-8-7(1)11-5-2-10-3-6-13-9(8)10/h1-6H/q+1. The van der Waals surface area contributed by atoms with Crippen LogP contribution in [0.15, 0.2) is 33.3 Å². The molecule has 1 nitrogen and oxygen atoms in total. The Kier molecular flexibility index (Phi) is 1.78. The smallest absolute Gasteiger partial charge is 0.156 e. The Balaban J connectivity index is 2.34. The second-order valence-corrected chi connectivity index (χ2v) is 5.39. The van der Waals surface area contributed by atoms with Crippen LogP contribution >= 0.6 is 34.4 Å². The van der Waals surface area contributed by atoms with Crippen LogP contribution in [0.5, 0.6) is 0 Å². The molecule has 0 saturated heterocycles. The third kappa shape index (κ3) is 1.17. The highest BCUT2D eigenvalue weighted by atomic mass is 32.2. The number of hydrogen-bond acceptors (Lipinski definition) is 3. The van der Waals surface area contributed by atoms with Crippen molar-refractivity contribution in [1.29, 1.82) is 0 Å². The SMILES string of the molecule is C1=C[n+]2ccsc2-c2sccc2S1. The van der Waals surface area contributed by atoms with Crippen molar-refractivity contribution in [2.45, 2.75) is 4.90 Å². The van der Waals surface area contributed by atoms with E-state index in [0.29, 0.717) is 0 Å². The lowest BCUT2D eigenvalue weighted by atomic mass is 10.5. The minimum absolute atomic E-state index is 1.34. The van der Waals surface area contributed by atoms with Crippen LogP contribution in [0.3, 0.4) is 0 Å². The van der Waals surface area contributed by atoms with Crippen molar-refractivity contribution in [3.05, 3.63) is 28.4 Å². The first-order chi connectivity index (χ1) is 6.45. The number of nitrogens with zero attached hydrogens (tertiary/aromatic N) is 1. The largest absolute Gasteiger partial charge is 0.285 e. The molecule has 0 saturated carbocycles. The van der Waals surface area contributed by atoms with Crippen LogP contribution in [0.25, 0.3) is 16.1 Å². The van der Waals surface area contributed by atoms with Crippen LogP contribution in [0.2, 0.25) is 0 Å². The Labute approximate surface area is 88.4 Å². The summed E-state index contributed by atoms with van der Waals surface area (Å²) in [5, 5.41) is 7.75. The van der Waals surface area contributed by atoms with Crippen LogP contribution in [0.1, 0.15) is 0 Å². The lowest BCUT2D eigenvalue weighted by molar-refractivity contribution is -0.550. The molecule has 0 fully saturated rings. The van der Waals surface area contributed by atoms with E-state index < -0.39 is 0 Å². The normalized spacial score (nSPS) is 13.5. The summed E-state index contributed by atoms with van der Waals surface area (Å²) >= 11 is 5.40. The first kappa shape index (κ1) is 7.79. The van der Waals surface area contributed by atoms with E-state index in [4.69, 9.17) is 0 Å². The van der Waals surface area contributed by atoms with E-state index >= 15 is 0 Å². The van der Waals surface area contributed by atoms with Gasteiger partial charge in [-0.25, -0.2) is 0 Å². The minimum Gasteiger partial charge on any atom is -0.156 e. The maximum absolute atomic E-state index is 2.18. The summed E-state index contributed by atoms with van der Waals surface area (Å²) < 4.78 is 2.18. The van der Waals surface area contributed by atoms with E-state index in [0.717, 1.165) is 0 Å². The molecule has 2 aromatic rings. The lowest BCUT2D eigenvalue weighted by Crippen LogP contribution is -2.23. The molecule has 1 aliphatic heterocycles. The first-order valence-corrected chi connectivity index (χ1v) is 6.49. The van der Waals surface area contributed by atoms with Gasteiger partial charge >= 0.3 is 0 Å². The minimum atomic E-state index is 1.34. The first-order valence-electron chi connectivity index (χ1n) is 3.85. The highest BCUT2D eigenvalue weighted by Crippen LogP contribution is 2.38. The maximum Gasteiger partial charge on any atom is 0.285 e. The van der Waals surface area contributed by atoms with Gasteiger partial charge in [0.05, 0.1) is 5.38 Å². The maximum atomic E-state index is 2.18. The number of thioether (sulfide) groups is 1. The highest BCUT2D eigenvalue weighted by Gasteiger charge is 2.20. The molecular weight excluding hydrogens is 218 g/mol. The van der Waals surface area contributed by atoms with Crippen molar-refractivity contribution in [2.75, 3.05) is 0 Å². The molecule has 4 heteroatoms. The third-order valence-electron chi connectivity index (χ3n) is 1.88. The quantitative estimate of drug-likeness (QED) is 0.621. The van der Waals surface area contributed by atoms with Gasteiger partial charge in [-0.15, -0.1) is 11.3 Å². The van der Waals surface area contributed by atoms with Crippen molar-refractivity contribution in [3.63, 3.8) is 0 Å². The monoisotopic (exact) mass is 224 g/mol. The van der Waals surface area contributed by atoms with Crippen molar-refractivity contribution in [1.82, 2.24) is 0 Å². The highest BCUT2D eigenvalue weighted by molar-refractivity contribution is 8.02. The summed E-state index contributed by atoms with van der Waals surface area (Å²) in [6.45, 7) is 0. The van der Waals surface area contributed by atoms with Crippen LogP contribution < -0.4 is 4.57 Å². The van der Waals surface area contributed by atoms with Gasteiger partial charge in [0, 0.05) is 10.3 Å². The average molecular weight is 224 g/mol. The van der Waals surface area contributed by atoms with Crippen molar-refractivity contribution >= 4 is 40.6 Å². The molecule has 0 spiro atoms. The molecule has 3 heterocycles. The fraction of sp³-hybridized carbons (Fsp3) is 0. The molecule has 0 N–H and O–H groups in total. The lowest BCUT2D eigenvalue weighted by Gasteiger charge is -1.89. The Morgan fingerprint density at radius 2 is 2.15 bits per heavy atom. The zero-order chi connectivity index (χ0) is 8.67. The average Bonchev–Trinajstić information content (AvgIpc) is 2.72. The van der Waals surface area contributed by atoms with Crippen LogP contribution in [0.4, 0.5) is 0 Å². The molecular formula is C9H6NS3+. The fourth-order valence-electron chi connectivity index (χ4n) is 1.29. The molecule has 0 radical (unpaired) electrons. The summed E-state index contributed by atoms with van der Waals surface area (Å²) in [7, 11) is 0. The Bertz CT molecular complexity index is 467. The Hall–Kier alpha value is -0.580. The summed E-state index contributed by atoms with van der Waals surface area (Å²) in [6, 6.07) is 2.18. The van der Waals surface area contributed by atoms with E-state index in [1.54, 1.807) is 23.1 Å². The van der Waals surface area contributed by atoms with E-state index in [1.807, 2.05) is 11.3 Å². The summed E-state index contributed by atoms with van der Waals surface area (Å²) in [5.41, 5.74) is 0. The number of fused-ring (bicyclic) bond motifs is 3. The van der Waals surface area contributed by atoms with Gasteiger partial charge in [-0.2, -0.15) is 4.57 Å². The van der Waals surface area contributed by atoms with E-state index in [1.165, 1.54) is 14.8 Å². The van der Waals surface area contributed by atoms with E-state index in [9.17, 15) is 0 Å². The molecule has 0 unspecified atom stereocenters. The molecule has 0 bridgehead atoms. The topological polar surface area (TPSA) is 3.88 Å². The van der Waals surface area contributed by atoms with Crippen molar-refractivity contribution in [3.8, 4) is 9.88 Å². The zero-order valence-electron chi connectivity index (χ0n) is 6.64. The molecule has 3 rings (SSSR count). The summed E-state index contributed by atoms with van der Waals surface area (Å²) in [5.74, 6) is 0. The fourth-order valence-corrected chi connectivity index (χ4v) is 4.22. The van der Waals surface area contributed by atoms with Gasteiger partial charge in [-0.1, -0.05) is 23.1 Å². The number of hydrogen-bond donors (Lipinski definition) is 0. The number of rotatable bonds is 0. The number of thiazole rings is 1. The second kappa shape index (κ2) is 2.97. The van der Waals surface area contributed by atoms with Crippen LogP contribution in [-0.4, -0.2) is 0 Å². The molecule has 2 aromatic heterocycles. The molecule has 13 heavy (non-hydrogen) atoms. The van der Waals surface area contributed by atoms with Gasteiger partial charge < -0.3 is 0 Å².